The number of nitrogens with one attached hydrogen (secondary N) is 1. The molecule has 1 saturated heterocycles. The molecule has 2 atom stereocenters. The van der Waals surface area contributed by atoms with Gasteiger partial charge in [0.1, 0.15) is 0 Å². The number of rotatable bonds is 5. The van der Waals surface area contributed by atoms with Crippen molar-refractivity contribution in [3.8, 4) is 0 Å². The molecule has 1 heterocycles. The summed E-state index contributed by atoms with van der Waals surface area (Å²) in [7, 11) is 0. The van der Waals surface area contributed by atoms with Gasteiger partial charge in [-0.05, 0) is 26.3 Å². The summed E-state index contributed by atoms with van der Waals surface area (Å²) in [6.45, 7) is 11.6. The normalized spacial score (nSPS) is 20.2. The molecule has 0 bridgehead atoms. The van der Waals surface area contributed by atoms with Crippen LogP contribution in [0, 0.1) is 6.92 Å². The zero-order valence-electron chi connectivity index (χ0n) is 12.4. The van der Waals surface area contributed by atoms with Crippen molar-refractivity contribution in [2.75, 3.05) is 32.8 Å². The Morgan fingerprint density at radius 2 is 2.00 bits per heavy atom. The Labute approximate surface area is 116 Å². The fraction of sp³-hybridized carbons (Fsp3) is 0.625. The first-order chi connectivity index (χ1) is 9.16. The zero-order valence-corrected chi connectivity index (χ0v) is 12.4. The Kier molecular flexibility index (Phi) is 5.37. The number of benzene rings is 1. The molecule has 0 amide bonds. The molecule has 1 N–H and O–H groups in total. The number of hydrogen-bond donors (Lipinski definition) is 1. The Balaban J connectivity index is 1.80. The predicted molar refractivity (Wildman–Crippen MR) is 79.5 cm³/mol. The van der Waals surface area contributed by atoms with Crippen molar-refractivity contribution in [1.82, 2.24) is 10.2 Å². The lowest BCUT2D eigenvalue weighted by atomic mass is 10.1. The Morgan fingerprint density at radius 1 is 1.26 bits per heavy atom. The van der Waals surface area contributed by atoms with E-state index in [0.717, 1.165) is 32.8 Å². The van der Waals surface area contributed by atoms with Crippen LogP contribution in [0.15, 0.2) is 24.3 Å². The van der Waals surface area contributed by atoms with E-state index in [2.05, 4.69) is 55.3 Å². The second-order valence-corrected chi connectivity index (χ2v) is 5.54. The molecule has 0 radical (unpaired) electrons. The second-order valence-electron chi connectivity index (χ2n) is 5.54. The summed E-state index contributed by atoms with van der Waals surface area (Å²) in [6.07, 6.45) is 0. The third-order valence-electron chi connectivity index (χ3n) is 3.93. The molecule has 19 heavy (non-hydrogen) atoms. The molecule has 3 nitrogen and oxygen atoms in total. The number of nitrogens with zero attached hydrogens (tertiary/aromatic N) is 1. The molecular weight excluding hydrogens is 236 g/mol. The van der Waals surface area contributed by atoms with Crippen molar-refractivity contribution in [2.24, 2.45) is 0 Å². The van der Waals surface area contributed by atoms with Crippen LogP contribution in [-0.2, 0) is 4.74 Å². The monoisotopic (exact) mass is 262 g/mol. The van der Waals surface area contributed by atoms with Gasteiger partial charge in [-0.2, -0.15) is 0 Å². The van der Waals surface area contributed by atoms with E-state index >= 15 is 0 Å². The quantitative estimate of drug-likeness (QED) is 0.881. The summed E-state index contributed by atoms with van der Waals surface area (Å²) in [5.74, 6) is 0. The van der Waals surface area contributed by atoms with Crippen LogP contribution in [0.3, 0.4) is 0 Å². The molecule has 0 aromatic heterocycles. The van der Waals surface area contributed by atoms with Gasteiger partial charge in [0.15, 0.2) is 0 Å². The highest BCUT2D eigenvalue weighted by atomic mass is 16.5. The van der Waals surface area contributed by atoms with Crippen molar-refractivity contribution in [3.63, 3.8) is 0 Å². The summed E-state index contributed by atoms with van der Waals surface area (Å²) in [4.78, 5) is 2.50. The van der Waals surface area contributed by atoms with E-state index in [9.17, 15) is 0 Å². The van der Waals surface area contributed by atoms with E-state index in [1.165, 1.54) is 11.1 Å². The third kappa shape index (κ3) is 4.30. The van der Waals surface area contributed by atoms with Gasteiger partial charge in [-0.15, -0.1) is 0 Å². The molecular formula is C16H26N2O. The molecule has 2 rings (SSSR count). The molecule has 1 aliphatic rings. The molecule has 106 valence electrons. The van der Waals surface area contributed by atoms with Crippen LogP contribution in [-0.4, -0.2) is 43.8 Å². The van der Waals surface area contributed by atoms with Crippen LogP contribution >= 0.6 is 0 Å². The van der Waals surface area contributed by atoms with E-state index < -0.39 is 0 Å². The van der Waals surface area contributed by atoms with E-state index in [1.807, 2.05) is 0 Å². The largest absolute Gasteiger partial charge is 0.379 e. The fourth-order valence-electron chi connectivity index (χ4n) is 2.55. The molecule has 1 aromatic rings. The molecule has 1 aliphatic heterocycles. The molecule has 1 aromatic carbocycles. The van der Waals surface area contributed by atoms with Crippen molar-refractivity contribution < 1.29 is 4.74 Å². The fourth-order valence-corrected chi connectivity index (χ4v) is 2.55. The van der Waals surface area contributed by atoms with Crippen molar-refractivity contribution >= 4 is 0 Å². The standard InChI is InChI=1S/C16H26N2O/c1-13-5-4-6-16(11-13)15(3)17-12-14(2)18-7-9-19-10-8-18/h4-6,11,14-15,17H,7-10,12H2,1-3H3/t14-,15-/m0/s1. The predicted octanol–water partition coefficient (Wildman–Crippen LogP) is 2.37. The Hall–Kier alpha value is -0.900. The highest BCUT2D eigenvalue weighted by Gasteiger charge is 2.17. The molecule has 0 saturated carbocycles. The van der Waals surface area contributed by atoms with Gasteiger partial charge in [-0.25, -0.2) is 0 Å². The maximum atomic E-state index is 5.40. The number of ether oxygens (including phenoxy) is 1. The first-order valence-electron chi connectivity index (χ1n) is 7.28. The van der Waals surface area contributed by atoms with E-state index in [0.29, 0.717) is 12.1 Å². The molecule has 3 heteroatoms. The highest BCUT2D eigenvalue weighted by molar-refractivity contribution is 5.24. The number of aryl methyl sites for hydroxylation is 1. The molecule has 1 fully saturated rings. The van der Waals surface area contributed by atoms with Gasteiger partial charge in [-0.1, -0.05) is 29.8 Å². The van der Waals surface area contributed by atoms with Crippen LogP contribution in [0.4, 0.5) is 0 Å². The Morgan fingerprint density at radius 3 is 2.68 bits per heavy atom. The summed E-state index contributed by atoms with van der Waals surface area (Å²) in [5, 5.41) is 3.64. The van der Waals surface area contributed by atoms with Gasteiger partial charge >= 0.3 is 0 Å². The van der Waals surface area contributed by atoms with Gasteiger partial charge in [0.25, 0.3) is 0 Å². The van der Waals surface area contributed by atoms with E-state index in [1.54, 1.807) is 0 Å². The smallest absolute Gasteiger partial charge is 0.0594 e. The highest BCUT2D eigenvalue weighted by Crippen LogP contribution is 2.14. The lowest BCUT2D eigenvalue weighted by molar-refractivity contribution is 0.0200. The average molecular weight is 262 g/mol. The maximum absolute atomic E-state index is 5.40. The first kappa shape index (κ1) is 14.5. The summed E-state index contributed by atoms with van der Waals surface area (Å²) >= 11 is 0. The van der Waals surface area contributed by atoms with Gasteiger partial charge in [0.2, 0.25) is 0 Å². The molecule has 0 unspecified atom stereocenters. The van der Waals surface area contributed by atoms with Crippen molar-refractivity contribution in [1.29, 1.82) is 0 Å². The average Bonchev–Trinajstić information content (AvgIpc) is 2.45. The zero-order chi connectivity index (χ0) is 13.7. The van der Waals surface area contributed by atoms with Crippen LogP contribution < -0.4 is 5.32 Å². The van der Waals surface area contributed by atoms with Crippen LogP contribution in [0.25, 0.3) is 0 Å². The van der Waals surface area contributed by atoms with Crippen molar-refractivity contribution in [2.45, 2.75) is 32.9 Å². The topological polar surface area (TPSA) is 24.5 Å². The summed E-state index contributed by atoms with van der Waals surface area (Å²) in [5.41, 5.74) is 2.70. The minimum Gasteiger partial charge on any atom is -0.379 e. The van der Waals surface area contributed by atoms with Crippen molar-refractivity contribution in [3.05, 3.63) is 35.4 Å². The lowest BCUT2D eigenvalue weighted by Crippen LogP contribution is -2.46. The minimum atomic E-state index is 0.406. The minimum absolute atomic E-state index is 0.406. The summed E-state index contributed by atoms with van der Waals surface area (Å²) < 4.78 is 5.40. The number of hydrogen-bond acceptors (Lipinski definition) is 3. The Bertz CT molecular complexity index is 388. The molecule has 0 spiro atoms. The van der Waals surface area contributed by atoms with Crippen LogP contribution in [0.5, 0.6) is 0 Å². The number of morpholine rings is 1. The first-order valence-corrected chi connectivity index (χ1v) is 7.28. The van der Waals surface area contributed by atoms with E-state index in [4.69, 9.17) is 4.74 Å². The van der Waals surface area contributed by atoms with Crippen LogP contribution in [0.1, 0.15) is 31.0 Å². The summed E-state index contributed by atoms with van der Waals surface area (Å²) in [6, 6.07) is 9.71. The maximum Gasteiger partial charge on any atom is 0.0594 e. The SMILES string of the molecule is Cc1cccc([C@H](C)NC[C@H](C)N2CCOCC2)c1. The lowest BCUT2D eigenvalue weighted by Gasteiger charge is -2.33. The van der Waals surface area contributed by atoms with E-state index in [-0.39, 0.29) is 0 Å². The van der Waals surface area contributed by atoms with Gasteiger partial charge < -0.3 is 10.1 Å². The molecule has 0 aliphatic carbocycles. The van der Waals surface area contributed by atoms with Gasteiger partial charge in [-0.3, -0.25) is 4.90 Å². The van der Waals surface area contributed by atoms with Gasteiger partial charge in [0.05, 0.1) is 13.2 Å². The second kappa shape index (κ2) is 7.04. The van der Waals surface area contributed by atoms with Crippen LogP contribution in [0.2, 0.25) is 0 Å². The van der Waals surface area contributed by atoms with Gasteiger partial charge in [0, 0.05) is 31.7 Å². The third-order valence-corrected chi connectivity index (χ3v) is 3.93.